The summed E-state index contributed by atoms with van der Waals surface area (Å²) in [6.07, 6.45) is -3.44. The van der Waals surface area contributed by atoms with Gasteiger partial charge in [-0.15, -0.1) is 0 Å². The van der Waals surface area contributed by atoms with Gasteiger partial charge in [0.05, 0.1) is 29.1 Å². The van der Waals surface area contributed by atoms with E-state index in [0.29, 0.717) is 0 Å². The smallest absolute Gasteiger partial charge is 0.419 e. The summed E-state index contributed by atoms with van der Waals surface area (Å²) in [4.78, 5) is 18.0. The highest BCUT2D eigenvalue weighted by Crippen LogP contribution is 2.47. The Morgan fingerprint density at radius 3 is 2.60 bits per heavy atom. The van der Waals surface area contributed by atoms with Gasteiger partial charge < -0.3 is 19.7 Å². The summed E-state index contributed by atoms with van der Waals surface area (Å²) < 4.78 is 100. The van der Waals surface area contributed by atoms with Gasteiger partial charge in [0.15, 0.2) is 17.2 Å². The van der Waals surface area contributed by atoms with Crippen LogP contribution in [0.4, 0.5) is 33.3 Å². The maximum absolute atomic E-state index is 14.4. The second kappa shape index (κ2) is 9.57. The minimum atomic E-state index is -4.90. The molecule has 35 heavy (non-hydrogen) atoms. The van der Waals surface area contributed by atoms with Crippen molar-refractivity contribution in [2.24, 2.45) is 0 Å². The van der Waals surface area contributed by atoms with E-state index >= 15 is 0 Å². The second-order valence-electron chi connectivity index (χ2n) is 7.90. The molecule has 1 fully saturated rings. The minimum Gasteiger partial charge on any atom is -0.491 e. The standard InChI is InChI=1S/C21H23F5N4O4S/c1-4-34-20(21(24,25)26)10-15(19(31)29-12-7-8-28-16(9-12)35(3,27)32)30(11-20)14-6-5-13(22)17(23)18(14)33-2/h5-9,15,27H,4,10-11H2,1-3H3,(H,28,29,31)/t15?,20?,35-/m1/s1. The number of amides is 1. The van der Waals surface area contributed by atoms with Gasteiger partial charge in [0.2, 0.25) is 11.7 Å². The number of hydrogen-bond acceptors (Lipinski definition) is 7. The predicted octanol–water partition coefficient (Wildman–Crippen LogP) is 3.96. The number of carbonyl (C=O) groups excluding carboxylic acids is 1. The fourth-order valence-corrected chi connectivity index (χ4v) is 4.51. The molecule has 8 nitrogen and oxygen atoms in total. The van der Waals surface area contributed by atoms with Gasteiger partial charge in [0.1, 0.15) is 11.1 Å². The topological polar surface area (TPSA) is 105 Å². The first-order valence-corrected chi connectivity index (χ1v) is 12.2. The second-order valence-corrected chi connectivity index (χ2v) is 10.0. The van der Waals surface area contributed by atoms with Crippen LogP contribution in [0.1, 0.15) is 13.3 Å². The van der Waals surface area contributed by atoms with E-state index in [9.17, 15) is 31.0 Å². The number of alkyl halides is 3. The molecule has 1 amide bonds. The largest absolute Gasteiger partial charge is 0.491 e. The van der Waals surface area contributed by atoms with Gasteiger partial charge in [-0.2, -0.15) is 17.6 Å². The quantitative estimate of drug-likeness (QED) is 0.534. The zero-order valence-electron chi connectivity index (χ0n) is 18.9. The van der Waals surface area contributed by atoms with E-state index in [4.69, 9.17) is 14.3 Å². The van der Waals surface area contributed by atoms with Crippen LogP contribution < -0.4 is 15.0 Å². The summed E-state index contributed by atoms with van der Waals surface area (Å²) in [5.41, 5.74) is -3.00. The Balaban J connectivity index is 2.07. The molecule has 14 heteroatoms. The number of benzene rings is 1. The molecule has 0 saturated carbocycles. The molecule has 1 aliphatic heterocycles. The third kappa shape index (κ3) is 5.17. The van der Waals surface area contributed by atoms with E-state index in [1.54, 1.807) is 0 Å². The van der Waals surface area contributed by atoms with Gasteiger partial charge >= 0.3 is 6.18 Å². The Kier molecular flexibility index (Phi) is 7.27. The van der Waals surface area contributed by atoms with Gasteiger partial charge in [-0.05, 0) is 31.2 Å². The third-order valence-electron chi connectivity index (χ3n) is 5.51. The Morgan fingerprint density at radius 2 is 2.03 bits per heavy atom. The Hall–Kier alpha value is -3.00. The molecule has 3 rings (SSSR count). The van der Waals surface area contributed by atoms with Crippen LogP contribution in [0.2, 0.25) is 0 Å². The summed E-state index contributed by atoms with van der Waals surface area (Å²) in [6, 6.07) is 2.68. The number of nitrogens with one attached hydrogen (secondary N) is 2. The van der Waals surface area contributed by atoms with Crippen LogP contribution in [-0.2, 0) is 19.3 Å². The van der Waals surface area contributed by atoms with Gasteiger partial charge in [0, 0.05) is 31.2 Å². The molecule has 2 aromatic rings. The number of pyridine rings is 1. The van der Waals surface area contributed by atoms with Crippen molar-refractivity contribution in [2.45, 2.75) is 36.2 Å². The average molecular weight is 522 g/mol. The van der Waals surface area contributed by atoms with Gasteiger partial charge in [-0.1, -0.05) is 0 Å². The van der Waals surface area contributed by atoms with Crippen molar-refractivity contribution in [3.8, 4) is 5.75 Å². The van der Waals surface area contributed by atoms with E-state index in [2.05, 4.69) is 10.3 Å². The first-order valence-electron chi connectivity index (χ1n) is 10.2. The molecule has 0 spiro atoms. The number of halogens is 5. The van der Waals surface area contributed by atoms with Crippen molar-refractivity contribution < 1.29 is 40.4 Å². The molecule has 1 aromatic heterocycles. The normalized spacial score (nSPS) is 22.1. The first kappa shape index (κ1) is 26.6. The average Bonchev–Trinajstić information content (AvgIpc) is 3.16. The molecule has 2 N–H and O–H groups in total. The summed E-state index contributed by atoms with van der Waals surface area (Å²) in [5, 5.41) is 2.29. The van der Waals surface area contributed by atoms with Gasteiger partial charge in [-0.3, -0.25) is 4.79 Å². The molecule has 0 radical (unpaired) electrons. The molecule has 192 valence electrons. The van der Waals surface area contributed by atoms with Crippen LogP contribution in [0.15, 0.2) is 35.5 Å². The molecule has 0 bridgehead atoms. The van der Waals surface area contributed by atoms with Crippen molar-refractivity contribution in [3.63, 3.8) is 0 Å². The zero-order chi connectivity index (χ0) is 26.2. The third-order valence-corrected chi connectivity index (χ3v) is 6.53. The highest BCUT2D eigenvalue weighted by Gasteiger charge is 2.63. The summed E-state index contributed by atoms with van der Waals surface area (Å²) in [7, 11) is -2.21. The first-order chi connectivity index (χ1) is 16.2. The summed E-state index contributed by atoms with van der Waals surface area (Å²) in [6.45, 7) is 0.157. The molecule has 3 atom stereocenters. The van der Waals surface area contributed by atoms with Crippen LogP contribution >= 0.6 is 0 Å². The lowest BCUT2D eigenvalue weighted by Gasteiger charge is -2.32. The number of carbonyl (C=O) groups is 1. The summed E-state index contributed by atoms with van der Waals surface area (Å²) >= 11 is 0. The maximum Gasteiger partial charge on any atom is 0.419 e. The van der Waals surface area contributed by atoms with E-state index in [0.717, 1.165) is 30.4 Å². The molecule has 1 saturated heterocycles. The number of aromatic nitrogens is 1. The van der Waals surface area contributed by atoms with E-state index in [1.807, 2.05) is 0 Å². The Morgan fingerprint density at radius 1 is 1.34 bits per heavy atom. The number of anilines is 2. The lowest BCUT2D eigenvalue weighted by atomic mass is 9.98. The lowest BCUT2D eigenvalue weighted by Crippen LogP contribution is -2.50. The number of nitrogens with zero attached hydrogens (tertiary/aromatic N) is 2. The number of hydrogen-bond donors (Lipinski definition) is 2. The highest BCUT2D eigenvalue weighted by molar-refractivity contribution is 7.91. The van der Waals surface area contributed by atoms with Crippen LogP contribution in [0, 0.1) is 16.4 Å². The van der Waals surface area contributed by atoms with Crippen LogP contribution in [-0.4, -0.2) is 59.4 Å². The molecule has 0 aliphatic carbocycles. The monoisotopic (exact) mass is 522 g/mol. The van der Waals surface area contributed by atoms with Crippen molar-refractivity contribution in [1.29, 1.82) is 4.78 Å². The number of methoxy groups -OCH3 is 1. The molecular formula is C21H23F5N4O4S. The molecule has 2 unspecified atom stereocenters. The highest BCUT2D eigenvalue weighted by atomic mass is 32.2. The Labute approximate surface area is 198 Å². The van der Waals surface area contributed by atoms with Gasteiger partial charge in [0.25, 0.3) is 0 Å². The van der Waals surface area contributed by atoms with Crippen molar-refractivity contribution in [1.82, 2.24) is 4.98 Å². The fraction of sp³-hybridized carbons (Fsp3) is 0.429. The SMILES string of the molecule is CCOC1(C(F)(F)F)CC(C(=O)Nc2ccnc([S@](C)(=N)=O)c2)N(c2ccc(F)c(F)c2OC)C1. The summed E-state index contributed by atoms with van der Waals surface area (Å²) in [5.74, 6) is -4.28. The fourth-order valence-electron chi connectivity index (χ4n) is 3.90. The van der Waals surface area contributed by atoms with Crippen LogP contribution in [0.25, 0.3) is 0 Å². The number of ether oxygens (including phenoxy) is 2. The van der Waals surface area contributed by atoms with Crippen molar-refractivity contribution in [2.75, 3.05) is 36.7 Å². The van der Waals surface area contributed by atoms with E-state index in [1.165, 1.54) is 25.3 Å². The van der Waals surface area contributed by atoms with E-state index < -0.39 is 63.8 Å². The molecule has 1 aliphatic rings. The number of rotatable bonds is 7. The van der Waals surface area contributed by atoms with Crippen LogP contribution in [0.3, 0.4) is 0 Å². The zero-order valence-corrected chi connectivity index (χ0v) is 19.7. The molecular weight excluding hydrogens is 499 g/mol. The minimum absolute atomic E-state index is 0.0416. The van der Waals surface area contributed by atoms with Crippen LogP contribution in [0.5, 0.6) is 5.75 Å². The van der Waals surface area contributed by atoms with Crippen molar-refractivity contribution in [3.05, 3.63) is 42.1 Å². The molecule has 1 aromatic carbocycles. The van der Waals surface area contributed by atoms with Gasteiger partial charge in [-0.25, -0.2) is 18.4 Å². The van der Waals surface area contributed by atoms with E-state index in [-0.39, 0.29) is 23.0 Å². The molecule has 2 heterocycles. The predicted molar refractivity (Wildman–Crippen MR) is 117 cm³/mol. The maximum atomic E-state index is 14.4. The lowest BCUT2D eigenvalue weighted by molar-refractivity contribution is -0.268. The van der Waals surface area contributed by atoms with Crippen molar-refractivity contribution >= 4 is 27.0 Å². The Bertz CT molecular complexity index is 1220.